The summed E-state index contributed by atoms with van der Waals surface area (Å²) >= 11 is 0. The van der Waals surface area contributed by atoms with Crippen molar-refractivity contribution in [3.05, 3.63) is 11.6 Å². The molecule has 2 aliphatic carbocycles. The van der Waals surface area contributed by atoms with Gasteiger partial charge in [0.15, 0.2) is 0 Å². The Labute approximate surface area is 99.4 Å². The van der Waals surface area contributed by atoms with E-state index in [1.807, 2.05) is 0 Å². The average Bonchev–Trinajstić information content (AvgIpc) is 2.98. The second-order valence-corrected chi connectivity index (χ2v) is 5.41. The lowest BCUT2D eigenvalue weighted by atomic mass is 9.85. The van der Waals surface area contributed by atoms with Gasteiger partial charge in [0.1, 0.15) is 0 Å². The van der Waals surface area contributed by atoms with Gasteiger partial charge in [0.05, 0.1) is 6.61 Å². The van der Waals surface area contributed by atoms with Crippen LogP contribution >= 0.6 is 0 Å². The van der Waals surface area contributed by atoms with Gasteiger partial charge in [0.2, 0.25) is 0 Å². The Kier molecular flexibility index (Phi) is 4.04. The molecule has 2 heteroatoms. The molecule has 2 atom stereocenters. The van der Waals surface area contributed by atoms with Crippen LogP contribution in [0.25, 0.3) is 0 Å². The zero-order chi connectivity index (χ0) is 11.4. The van der Waals surface area contributed by atoms with Crippen LogP contribution < -0.4 is 5.32 Å². The van der Waals surface area contributed by atoms with Crippen LogP contribution in [0.5, 0.6) is 0 Å². The van der Waals surface area contributed by atoms with Crippen LogP contribution in [-0.4, -0.2) is 26.8 Å². The Bertz CT molecular complexity index is 261. The largest absolute Gasteiger partial charge is 0.383 e. The van der Waals surface area contributed by atoms with Gasteiger partial charge in [-0.25, -0.2) is 0 Å². The summed E-state index contributed by atoms with van der Waals surface area (Å²) in [4.78, 5) is 0. The molecule has 0 spiro atoms. The van der Waals surface area contributed by atoms with Gasteiger partial charge in [-0.15, -0.1) is 0 Å². The van der Waals surface area contributed by atoms with Crippen molar-refractivity contribution in [2.45, 2.75) is 39.0 Å². The number of ether oxygens (including phenoxy) is 1. The van der Waals surface area contributed by atoms with Gasteiger partial charge in [-0.05, 0) is 38.0 Å². The standard InChI is InChI=1S/C14H25NO/c1-12-10-14(12,11-15-8-9-16-2)13-6-4-3-5-7-13/h6,12,15H,3-5,7-11H2,1-2H3. The van der Waals surface area contributed by atoms with Crippen molar-refractivity contribution in [2.24, 2.45) is 11.3 Å². The monoisotopic (exact) mass is 223 g/mol. The molecule has 0 aromatic carbocycles. The first-order valence-corrected chi connectivity index (χ1v) is 6.69. The van der Waals surface area contributed by atoms with E-state index in [1.54, 1.807) is 12.7 Å². The van der Waals surface area contributed by atoms with E-state index >= 15 is 0 Å². The molecule has 0 amide bonds. The highest BCUT2D eigenvalue weighted by Crippen LogP contribution is 2.58. The smallest absolute Gasteiger partial charge is 0.0587 e. The van der Waals surface area contributed by atoms with Crippen molar-refractivity contribution in [3.63, 3.8) is 0 Å². The summed E-state index contributed by atoms with van der Waals surface area (Å²) < 4.78 is 5.07. The number of hydrogen-bond acceptors (Lipinski definition) is 2. The molecule has 0 aliphatic heterocycles. The second-order valence-electron chi connectivity index (χ2n) is 5.41. The highest BCUT2D eigenvalue weighted by Gasteiger charge is 2.52. The van der Waals surface area contributed by atoms with Gasteiger partial charge in [0, 0.05) is 25.6 Å². The zero-order valence-electron chi connectivity index (χ0n) is 10.7. The SMILES string of the molecule is COCCNCC1(C2=CCCCC2)CC1C. The lowest BCUT2D eigenvalue weighted by Crippen LogP contribution is -2.29. The van der Waals surface area contributed by atoms with Crippen LogP contribution in [0.2, 0.25) is 0 Å². The summed E-state index contributed by atoms with van der Waals surface area (Å²) in [6.07, 6.45) is 9.35. The number of allylic oxidation sites excluding steroid dienone is 1. The minimum Gasteiger partial charge on any atom is -0.383 e. The highest BCUT2D eigenvalue weighted by atomic mass is 16.5. The van der Waals surface area contributed by atoms with Crippen molar-refractivity contribution in [1.29, 1.82) is 0 Å². The van der Waals surface area contributed by atoms with Crippen molar-refractivity contribution in [3.8, 4) is 0 Å². The maximum Gasteiger partial charge on any atom is 0.0587 e. The third-order valence-corrected chi connectivity index (χ3v) is 4.31. The Hall–Kier alpha value is -0.340. The van der Waals surface area contributed by atoms with Crippen molar-refractivity contribution in [1.82, 2.24) is 5.32 Å². The van der Waals surface area contributed by atoms with E-state index < -0.39 is 0 Å². The van der Waals surface area contributed by atoms with E-state index in [0.717, 1.165) is 25.6 Å². The summed E-state index contributed by atoms with van der Waals surface area (Å²) in [5.41, 5.74) is 2.27. The predicted octanol–water partition coefficient (Wildman–Crippen LogP) is 2.75. The molecule has 0 aromatic rings. The fraction of sp³-hybridized carbons (Fsp3) is 0.857. The quantitative estimate of drug-likeness (QED) is 0.552. The van der Waals surface area contributed by atoms with E-state index in [2.05, 4.69) is 18.3 Å². The van der Waals surface area contributed by atoms with Gasteiger partial charge >= 0.3 is 0 Å². The van der Waals surface area contributed by atoms with E-state index in [1.165, 1.54) is 32.1 Å². The highest BCUT2D eigenvalue weighted by molar-refractivity contribution is 5.26. The molecule has 2 unspecified atom stereocenters. The van der Waals surface area contributed by atoms with Gasteiger partial charge in [-0.3, -0.25) is 0 Å². The van der Waals surface area contributed by atoms with Crippen LogP contribution in [0.15, 0.2) is 11.6 Å². The Morgan fingerprint density at radius 2 is 2.31 bits per heavy atom. The topological polar surface area (TPSA) is 21.3 Å². The molecule has 0 saturated heterocycles. The van der Waals surface area contributed by atoms with Crippen LogP contribution in [0.3, 0.4) is 0 Å². The van der Waals surface area contributed by atoms with Crippen molar-refractivity contribution < 1.29 is 4.74 Å². The molecular weight excluding hydrogens is 198 g/mol. The van der Waals surface area contributed by atoms with Crippen molar-refractivity contribution >= 4 is 0 Å². The summed E-state index contributed by atoms with van der Waals surface area (Å²) in [5, 5.41) is 3.55. The van der Waals surface area contributed by atoms with E-state index in [9.17, 15) is 0 Å². The molecule has 2 rings (SSSR count). The maximum atomic E-state index is 5.07. The van der Waals surface area contributed by atoms with Crippen LogP contribution in [0, 0.1) is 11.3 Å². The summed E-state index contributed by atoms with van der Waals surface area (Å²) in [6, 6.07) is 0. The molecule has 2 nitrogen and oxygen atoms in total. The molecule has 0 bridgehead atoms. The lowest BCUT2D eigenvalue weighted by Gasteiger charge is -2.24. The predicted molar refractivity (Wildman–Crippen MR) is 67.5 cm³/mol. The lowest BCUT2D eigenvalue weighted by molar-refractivity contribution is 0.197. The molecule has 16 heavy (non-hydrogen) atoms. The molecule has 1 fully saturated rings. The van der Waals surface area contributed by atoms with Gasteiger partial charge < -0.3 is 10.1 Å². The van der Waals surface area contributed by atoms with Crippen LogP contribution in [0.4, 0.5) is 0 Å². The van der Waals surface area contributed by atoms with Gasteiger partial charge in [-0.2, -0.15) is 0 Å². The van der Waals surface area contributed by atoms with Gasteiger partial charge in [0.25, 0.3) is 0 Å². The molecular formula is C14H25NO. The number of rotatable bonds is 6. The second kappa shape index (κ2) is 5.33. The first-order valence-electron chi connectivity index (χ1n) is 6.69. The summed E-state index contributed by atoms with van der Waals surface area (Å²) in [5.74, 6) is 0.881. The fourth-order valence-corrected chi connectivity index (χ4v) is 3.07. The normalized spacial score (nSPS) is 33.6. The molecule has 1 saturated carbocycles. The third kappa shape index (κ3) is 2.49. The Morgan fingerprint density at radius 3 is 2.88 bits per heavy atom. The summed E-state index contributed by atoms with van der Waals surface area (Å²) in [7, 11) is 1.76. The number of nitrogens with one attached hydrogen (secondary N) is 1. The van der Waals surface area contributed by atoms with Crippen LogP contribution in [0.1, 0.15) is 39.0 Å². The zero-order valence-corrected chi connectivity index (χ0v) is 10.7. The minimum absolute atomic E-state index is 0.522. The minimum atomic E-state index is 0.522. The molecule has 0 aromatic heterocycles. The molecule has 0 radical (unpaired) electrons. The summed E-state index contributed by atoms with van der Waals surface area (Å²) in [6.45, 7) is 5.36. The third-order valence-electron chi connectivity index (χ3n) is 4.31. The first kappa shape index (κ1) is 12.1. The Morgan fingerprint density at radius 1 is 1.50 bits per heavy atom. The maximum absolute atomic E-state index is 5.07. The molecule has 0 heterocycles. The Balaban J connectivity index is 1.85. The average molecular weight is 223 g/mol. The van der Waals surface area contributed by atoms with E-state index in [-0.39, 0.29) is 0 Å². The van der Waals surface area contributed by atoms with Crippen molar-refractivity contribution in [2.75, 3.05) is 26.8 Å². The van der Waals surface area contributed by atoms with Crippen LogP contribution in [-0.2, 0) is 4.74 Å². The number of methoxy groups -OCH3 is 1. The molecule has 1 N–H and O–H groups in total. The molecule has 2 aliphatic rings. The fourth-order valence-electron chi connectivity index (χ4n) is 3.07. The van der Waals surface area contributed by atoms with E-state index in [0.29, 0.717) is 5.41 Å². The number of hydrogen-bond donors (Lipinski definition) is 1. The first-order chi connectivity index (χ1) is 7.79. The van der Waals surface area contributed by atoms with E-state index in [4.69, 9.17) is 4.74 Å². The molecule has 92 valence electrons. The van der Waals surface area contributed by atoms with Gasteiger partial charge in [-0.1, -0.05) is 18.6 Å².